The molecule has 0 aliphatic carbocycles. The number of anilines is 2. The standard InChI is InChI=1S/C19H13ClN4O/c20-24(14-4-2-9-22-12-14)19(25)23-10-8-17-16-5-1-3-13(11-21)15(16)6-7-18(17)23/h1-7,9,12H,8,10H2. The van der Waals surface area contributed by atoms with Crippen LogP contribution < -0.4 is 9.32 Å². The summed E-state index contributed by atoms with van der Waals surface area (Å²) in [5, 5.41) is 11.2. The third kappa shape index (κ3) is 2.48. The second-order valence-electron chi connectivity index (χ2n) is 5.75. The molecule has 25 heavy (non-hydrogen) atoms. The maximum absolute atomic E-state index is 12.8. The van der Waals surface area contributed by atoms with Gasteiger partial charge in [0.1, 0.15) is 0 Å². The summed E-state index contributed by atoms with van der Waals surface area (Å²) in [6, 6.07) is 14.8. The fraction of sp³-hybridized carbons (Fsp3) is 0.105. The summed E-state index contributed by atoms with van der Waals surface area (Å²) in [6.45, 7) is 0.549. The van der Waals surface area contributed by atoms with Gasteiger partial charge in [-0.25, -0.2) is 9.21 Å². The number of hydrogen-bond acceptors (Lipinski definition) is 3. The molecule has 122 valence electrons. The SMILES string of the molecule is N#Cc1cccc2c3c(ccc12)N(C(=O)N(Cl)c1cccnc1)CC3. The summed E-state index contributed by atoms with van der Waals surface area (Å²) in [5.41, 5.74) is 3.07. The number of fused-ring (bicyclic) bond motifs is 3. The van der Waals surface area contributed by atoms with Gasteiger partial charge in [0, 0.05) is 30.2 Å². The van der Waals surface area contributed by atoms with Crippen LogP contribution in [-0.2, 0) is 6.42 Å². The van der Waals surface area contributed by atoms with Crippen molar-refractivity contribution >= 4 is 40.0 Å². The van der Waals surface area contributed by atoms with Gasteiger partial charge < -0.3 is 0 Å². The molecule has 3 aromatic rings. The second-order valence-corrected chi connectivity index (χ2v) is 6.09. The third-order valence-corrected chi connectivity index (χ3v) is 4.76. The van der Waals surface area contributed by atoms with Gasteiger partial charge in [0.15, 0.2) is 0 Å². The number of nitrogens with zero attached hydrogens (tertiary/aromatic N) is 4. The van der Waals surface area contributed by atoms with Crippen LogP contribution in [0.5, 0.6) is 0 Å². The van der Waals surface area contributed by atoms with Gasteiger partial charge >= 0.3 is 6.03 Å². The Bertz CT molecular complexity index is 1010. The molecule has 0 radical (unpaired) electrons. The maximum atomic E-state index is 12.8. The molecule has 0 bridgehead atoms. The predicted molar refractivity (Wildman–Crippen MR) is 97.7 cm³/mol. The summed E-state index contributed by atoms with van der Waals surface area (Å²) >= 11 is 6.23. The Morgan fingerprint density at radius 3 is 2.84 bits per heavy atom. The molecule has 1 aromatic heterocycles. The van der Waals surface area contributed by atoms with Gasteiger partial charge in [-0.05, 0) is 47.0 Å². The second kappa shape index (κ2) is 6.08. The van der Waals surface area contributed by atoms with E-state index in [9.17, 15) is 10.1 Å². The first-order chi connectivity index (χ1) is 12.2. The fourth-order valence-electron chi connectivity index (χ4n) is 3.25. The zero-order valence-electron chi connectivity index (χ0n) is 13.2. The van der Waals surface area contributed by atoms with Crippen molar-refractivity contribution in [1.29, 1.82) is 5.26 Å². The van der Waals surface area contributed by atoms with E-state index in [0.29, 0.717) is 17.8 Å². The van der Waals surface area contributed by atoms with E-state index in [2.05, 4.69) is 11.1 Å². The molecule has 2 amide bonds. The van der Waals surface area contributed by atoms with Gasteiger partial charge in [0.25, 0.3) is 0 Å². The van der Waals surface area contributed by atoms with Gasteiger partial charge in [0.05, 0.1) is 23.5 Å². The van der Waals surface area contributed by atoms with Crippen LogP contribution in [0, 0.1) is 11.3 Å². The number of halogens is 1. The van der Waals surface area contributed by atoms with Crippen molar-refractivity contribution in [1.82, 2.24) is 4.98 Å². The number of carbonyl (C=O) groups excluding carboxylic acids is 1. The largest absolute Gasteiger partial charge is 0.343 e. The van der Waals surface area contributed by atoms with E-state index in [1.54, 1.807) is 35.5 Å². The van der Waals surface area contributed by atoms with E-state index >= 15 is 0 Å². The smallest absolute Gasteiger partial charge is 0.292 e. The van der Waals surface area contributed by atoms with Crippen molar-refractivity contribution in [3.8, 4) is 6.07 Å². The molecule has 0 fully saturated rings. The Balaban J connectivity index is 1.74. The number of nitriles is 1. The molecule has 0 unspecified atom stereocenters. The van der Waals surface area contributed by atoms with E-state index < -0.39 is 0 Å². The lowest BCUT2D eigenvalue weighted by atomic mass is 9.99. The Morgan fingerprint density at radius 2 is 2.08 bits per heavy atom. The van der Waals surface area contributed by atoms with Crippen molar-refractivity contribution in [3.05, 3.63) is 66.0 Å². The van der Waals surface area contributed by atoms with Crippen molar-refractivity contribution in [2.24, 2.45) is 0 Å². The highest BCUT2D eigenvalue weighted by molar-refractivity contribution is 6.38. The summed E-state index contributed by atoms with van der Waals surface area (Å²) in [7, 11) is 0. The lowest BCUT2D eigenvalue weighted by molar-refractivity contribution is 0.255. The highest BCUT2D eigenvalue weighted by Crippen LogP contribution is 2.36. The number of amides is 2. The molecule has 0 saturated carbocycles. The van der Waals surface area contributed by atoms with E-state index in [4.69, 9.17) is 11.8 Å². The number of pyridine rings is 1. The zero-order chi connectivity index (χ0) is 17.4. The number of aromatic nitrogens is 1. The summed E-state index contributed by atoms with van der Waals surface area (Å²) in [6.07, 6.45) is 3.90. The molecule has 2 heterocycles. The van der Waals surface area contributed by atoms with Crippen LogP contribution in [0.2, 0.25) is 0 Å². The van der Waals surface area contributed by atoms with Crippen LogP contribution in [0.15, 0.2) is 54.9 Å². The van der Waals surface area contributed by atoms with Gasteiger partial charge in [0.2, 0.25) is 0 Å². The van der Waals surface area contributed by atoms with Crippen LogP contribution in [0.3, 0.4) is 0 Å². The summed E-state index contributed by atoms with van der Waals surface area (Å²) in [4.78, 5) is 18.5. The zero-order valence-corrected chi connectivity index (χ0v) is 13.9. The number of urea groups is 1. The quantitative estimate of drug-likeness (QED) is 0.618. The highest BCUT2D eigenvalue weighted by Gasteiger charge is 2.30. The molecule has 0 N–H and O–H groups in total. The Morgan fingerprint density at radius 1 is 1.20 bits per heavy atom. The summed E-state index contributed by atoms with van der Waals surface area (Å²) < 4.78 is 1.08. The lowest BCUT2D eigenvalue weighted by Gasteiger charge is -2.22. The predicted octanol–water partition coefficient (Wildman–Crippen LogP) is 4.25. The number of hydrogen-bond donors (Lipinski definition) is 0. The van der Waals surface area contributed by atoms with Crippen molar-refractivity contribution in [2.75, 3.05) is 15.9 Å². The maximum Gasteiger partial charge on any atom is 0.343 e. The first kappa shape index (κ1) is 15.4. The van der Waals surface area contributed by atoms with E-state index in [1.807, 2.05) is 24.3 Å². The molecule has 0 spiro atoms. The van der Waals surface area contributed by atoms with Crippen LogP contribution in [0.4, 0.5) is 16.2 Å². The highest BCUT2D eigenvalue weighted by atomic mass is 35.5. The fourth-order valence-corrected chi connectivity index (χ4v) is 3.44. The van der Waals surface area contributed by atoms with E-state index in [-0.39, 0.29) is 6.03 Å². The molecule has 4 rings (SSSR count). The molecule has 5 nitrogen and oxygen atoms in total. The van der Waals surface area contributed by atoms with E-state index in [0.717, 1.165) is 32.9 Å². The monoisotopic (exact) mass is 348 g/mol. The normalized spacial score (nSPS) is 12.7. The van der Waals surface area contributed by atoms with Gasteiger partial charge in [-0.15, -0.1) is 0 Å². The van der Waals surface area contributed by atoms with Crippen LogP contribution >= 0.6 is 11.8 Å². The van der Waals surface area contributed by atoms with Gasteiger partial charge in [-0.3, -0.25) is 9.88 Å². The number of benzene rings is 2. The Hall–Kier alpha value is -3.10. The molecule has 0 atom stereocenters. The minimum atomic E-state index is -0.316. The Labute approximate surface area is 149 Å². The van der Waals surface area contributed by atoms with Crippen LogP contribution in [-0.4, -0.2) is 17.6 Å². The topological polar surface area (TPSA) is 60.2 Å². The Kier molecular flexibility index (Phi) is 3.75. The van der Waals surface area contributed by atoms with E-state index in [1.165, 1.54) is 0 Å². The molecular formula is C19H13ClN4O. The first-order valence-corrected chi connectivity index (χ1v) is 8.16. The number of carbonyl (C=O) groups is 1. The van der Waals surface area contributed by atoms with Crippen LogP contribution in [0.25, 0.3) is 10.8 Å². The third-order valence-electron chi connectivity index (χ3n) is 4.42. The van der Waals surface area contributed by atoms with Gasteiger partial charge in [-0.2, -0.15) is 5.26 Å². The minimum absolute atomic E-state index is 0.316. The first-order valence-electron chi connectivity index (χ1n) is 7.83. The van der Waals surface area contributed by atoms with Crippen molar-refractivity contribution in [3.63, 3.8) is 0 Å². The minimum Gasteiger partial charge on any atom is -0.292 e. The lowest BCUT2D eigenvalue weighted by Crippen LogP contribution is -2.37. The average Bonchev–Trinajstić information content (AvgIpc) is 3.11. The van der Waals surface area contributed by atoms with Crippen molar-refractivity contribution in [2.45, 2.75) is 6.42 Å². The molecule has 2 aromatic carbocycles. The summed E-state index contributed by atoms with van der Waals surface area (Å²) in [5.74, 6) is 0. The average molecular weight is 349 g/mol. The molecule has 1 aliphatic heterocycles. The van der Waals surface area contributed by atoms with Crippen LogP contribution in [0.1, 0.15) is 11.1 Å². The molecule has 0 saturated heterocycles. The molecular weight excluding hydrogens is 336 g/mol. The van der Waals surface area contributed by atoms with Crippen molar-refractivity contribution < 1.29 is 4.79 Å². The number of rotatable bonds is 1. The van der Waals surface area contributed by atoms with Gasteiger partial charge in [-0.1, -0.05) is 18.2 Å². The molecule has 6 heteroatoms. The molecule has 1 aliphatic rings.